The van der Waals surface area contributed by atoms with Crippen LogP contribution in [-0.2, 0) is 12.6 Å². The SMILES string of the molecule is O=C(NC1CCC(CNCCc2cccc3cccnc23)CC1)c1cc(C(F)(F)F)ccc1Cl. The Kier molecular flexibility index (Phi) is 7.73. The van der Waals surface area contributed by atoms with Crippen LogP contribution >= 0.6 is 11.6 Å². The molecule has 0 atom stereocenters. The van der Waals surface area contributed by atoms with Crippen molar-refractivity contribution in [3.05, 3.63) is 76.4 Å². The molecule has 0 unspecified atom stereocenters. The molecule has 180 valence electrons. The number of para-hydroxylation sites is 1. The van der Waals surface area contributed by atoms with Gasteiger partial charge in [0.1, 0.15) is 0 Å². The fourth-order valence-corrected chi connectivity index (χ4v) is 4.75. The molecule has 0 spiro atoms. The number of pyridine rings is 1. The van der Waals surface area contributed by atoms with Crippen molar-refractivity contribution in [2.75, 3.05) is 13.1 Å². The first-order chi connectivity index (χ1) is 16.3. The summed E-state index contributed by atoms with van der Waals surface area (Å²) in [6, 6.07) is 13.0. The second-order valence-electron chi connectivity index (χ2n) is 8.83. The van der Waals surface area contributed by atoms with Gasteiger partial charge in [0.2, 0.25) is 0 Å². The van der Waals surface area contributed by atoms with Crippen LogP contribution in [-0.4, -0.2) is 30.0 Å². The van der Waals surface area contributed by atoms with Crippen LogP contribution in [0.3, 0.4) is 0 Å². The Bertz CT molecular complexity index is 1140. The Balaban J connectivity index is 1.21. The lowest BCUT2D eigenvalue weighted by molar-refractivity contribution is -0.137. The van der Waals surface area contributed by atoms with Gasteiger partial charge in [-0.3, -0.25) is 9.78 Å². The predicted octanol–water partition coefficient (Wildman–Crippen LogP) is 6.03. The molecule has 2 aromatic carbocycles. The van der Waals surface area contributed by atoms with E-state index < -0.39 is 17.6 Å². The summed E-state index contributed by atoms with van der Waals surface area (Å²) in [6.07, 6.45) is 1.68. The van der Waals surface area contributed by atoms with Crippen molar-refractivity contribution < 1.29 is 18.0 Å². The van der Waals surface area contributed by atoms with Crippen molar-refractivity contribution in [3.8, 4) is 0 Å². The molecule has 4 rings (SSSR count). The largest absolute Gasteiger partial charge is 0.416 e. The van der Waals surface area contributed by atoms with Gasteiger partial charge in [-0.2, -0.15) is 13.2 Å². The van der Waals surface area contributed by atoms with Gasteiger partial charge in [-0.1, -0.05) is 35.9 Å². The number of nitrogens with one attached hydrogen (secondary N) is 2. The number of hydrogen-bond donors (Lipinski definition) is 2. The lowest BCUT2D eigenvalue weighted by atomic mass is 9.86. The summed E-state index contributed by atoms with van der Waals surface area (Å²) in [7, 11) is 0. The Hall–Kier alpha value is -2.64. The Morgan fingerprint density at radius 3 is 2.59 bits per heavy atom. The van der Waals surface area contributed by atoms with E-state index in [1.165, 1.54) is 5.56 Å². The molecule has 0 radical (unpaired) electrons. The fourth-order valence-electron chi connectivity index (χ4n) is 4.55. The van der Waals surface area contributed by atoms with E-state index in [1.807, 2.05) is 12.3 Å². The first kappa shape index (κ1) is 24.5. The minimum atomic E-state index is -4.52. The van der Waals surface area contributed by atoms with Gasteiger partial charge >= 0.3 is 6.18 Å². The van der Waals surface area contributed by atoms with E-state index in [9.17, 15) is 18.0 Å². The van der Waals surface area contributed by atoms with Crippen LogP contribution in [0.15, 0.2) is 54.7 Å². The maximum absolute atomic E-state index is 13.0. The number of rotatable bonds is 7. The van der Waals surface area contributed by atoms with Crippen molar-refractivity contribution in [2.45, 2.75) is 44.3 Å². The first-order valence-corrected chi connectivity index (χ1v) is 11.9. The summed E-state index contributed by atoms with van der Waals surface area (Å²) in [5.74, 6) is -0.0442. The molecule has 1 aliphatic rings. The van der Waals surface area contributed by atoms with Gasteiger partial charge in [0.05, 0.1) is 21.7 Å². The van der Waals surface area contributed by atoms with E-state index in [0.29, 0.717) is 5.92 Å². The number of carbonyl (C=O) groups is 1. The molecule has 0 bridgehead atoms. The predicted molar refractivity (Wildman–Crippen MR) is 128 cm³/mol. The van der Waals surface area contributed by atoms with E-state index in [1.54, 1.807) is 0 Å². The first-order valence-electron chi connectivity index (χ1n) is 11.5. The van der Waals surface area contributed by atoms with Gasteiger partial charge < -0.3 is 10.6 Å². The molecule has 4 nitrogen and oxygen atoms in total. The number of fused-ring (bicyclic) bond motifs is 1. The highest BCUT2D eigenvalue weighted by Gasteiger charge is 2.32. The third kappa shape index (κ3) is 6.07. The van der Waals surface area contributed by atoms with Crippen LogP contribution in [0.25, 0.3) is 10.9 Å². The molecule has 8 heteroatoms. The van der Waals surface area contributed by atoms with E-state index in [-0.39, 0.29) is 16.6 Å². The van der Waals surface area contributed by atoms with Gasteiger partial charge in [0, 0.05) is 17.6 Å². The quantitative estimate of drug-likeness (QED) is 0.398. The number of nitrogens with zero attached hydrogens (tertiary/aromatic N) is 1. The van der Waals surface area contributed by atoms with E-state index in [2.05, 4.69) is 39.9 Å². The number of halogens is 4. The number of carbonyl (C=O) groups excluding carboxylic acids is 1. The molecule has 0 saturated heterocycles. The third-order valence-corrected chi connectivity index (χ3v) is 6.77. The molecular weight excluding hydrogens is 463 g/mol. The highest BCUT2D eigenvalue weighted by Crippen LogP contribution is 2.32. The van der Waals surface area contributed by atoms with E-state index >= 15 is 0 Å². The number of amides is 1. The molecule has 1 aromatic heterocycles. The molecule has 1 heterocycles. The summed E-state index contributed by atoms with van der Waals surface area (Å²) in [6.45, 7) is 1.76. The van der Waals surface area contributed by atoms with Gasteiger partial charge in [-0.25, -0.2) is 0 Å². The maximum Gasteiger partial charge on any atom is 0.416 e. The molecule has 3 aromatic rings. The van der Waals surface area contributed by atoms with Crippen molar-refractivity contribution in [1.29, 1.82) is 0 Å². The molecule has 34 heavy (non-hydrogen) atoms. The molecule has 2 N–H and O–H groups in total. The van der Waals surface area contributed by atoms with Gasteiger partial charge in [-0.15, -0.1) is 0 Å². The van der Waals surface area contributed by atoms with Crippen LogP contribution in [0.4, 0.5) is 13.2 Å². The normalized spacial score (nSPS) is 18.7. The van der Waals surface area contributed by atoms with E-state index in [4.69, 9.17) is 11.6 Å². The van der Waals surface area contributed by atoms with Crippen molar-refractivity contribution >= 4 is 28.4 Å². The standard InChI is InChI=1S/C26H27ClF3N3O/c27-23-11-8-20(26(28,29)30)15-22(23)25(34)33-21-9-6-17(7-10-21)16-31-14-12-19-4-1-3-18-5-2-13-32-24(18)19/h1-5,8,11,13,15,17,21,31H,6-7,9-10,12,14,16H2,(H,33,34). The monoisotopic (exact) mass is 489 g/mol. The van der Waals surface area contributed by atoms with Crippen LogP contribution in [0.5, 0.6) is 0 Å². The Morgan fingerprint density at radius 2 is 1.82 bits per heavy atom. The summed E-state index contributed by atoms with van der Waals surface area (Å²) in [4.78, 5) is 17.1. The Morgan fingerprint density at radius 1 is 1.06 bits per heavy atom. The molecule has 1 amide bonds. The number of alkyl halides is 3. The zero-order valence-electron chi connectivity index (χ0n) is 18.7. The molecular formula is C26H27ClF3N3O. The zero-order valence-corrected chi connectivity index (χ0v) is 19.4. The maximum atomic E-state index is 13.0. The van der Waals surface area contributed by atoms with Crippen LogP contribution < -0.4 is 10.6 Å². The third-order valence-electron chi connectivity index (χ3n) is 6.44. The number of aromatic nitrogens is 1. The van der Waals surface area contributed by atoms with Gasteiger partial charge in [-0.05, 0) is 80.9 Å². The molecule has 1 aliphatic carbocycles. The smallest absolute Gasteiger partial charge is 0.349 e. The topological polar surface area (TPSA) is 54.0 Å². The van der Waals surface area contributed by atoms with Crippen LogP contribution in [0.1, 0.15) is 47.2 Å². The average molecular weight is 490 g/mol. The van der Waals surface area contributed by atoms with Crippen LogP contribution in [0, 0.1) is 5.92 Å². The second kappa shape index (κ2) is 10.7. The highest BCUT2D eigenvalue weighted by atomic mass is 35.5. The van der Waals surface area contributed by atoms with Crippen LogP contribution in [0.2, 0.25) is 5.02 Å². The fraction of sp³-hybridized carbons (Fsp3) is 0.385. The summed E-state index contributed by atoms with van der Waals surface area (Å²) >= 11 is 5.99. The molecule has 1 saturated carbocycles. The van der Waals surface area contributed by atoms with Gasteiger partial charge in [0.15, 0.2) is 0 Å². The Labute approximate surface area is 201 Å². The average Bonchev–Trinajstić information content (AvgIpc) is 2.82. The number of benzene rings is 2. The minimum Gasteiger partial charge on any atom is -0.349 e. The van der Waals surface area contributed by atoms with Gasteiger partial charge in [0.25, 0.3) is 5.91 Å². The number of hydrogen-bond acceptors (Lipinski definition) is 3. The van der Waals surface area contributed by atoms with Crippen molar-refractivity contribution in [2.24, 2.45) is 5.92 Å². The van der Waals surface area contributed by atoms with Crippen molar-refractivity contribution in [3.63, 3.8) is 0 Å². The second-order valence-corrected chi connectivity index (χ2v) is 9.24. The summed E-state index contributed by atoms with van der Waals surface area (Å²) < 4.78 is 38.9. The minimum absolute atomic E-state index is 0.0183. The summed E-state index contributed by atoms with van der Waals surface area (Å²) in [5, 5.41) is 7.56. The van der Waals surface area contributed by atoms with Crippen molar-refractivity contribution in [1.82, 2.24) is 15.6 Å². The summed E-state index contributed by atoms with van der Waals surface area (Å²) in [5.41, 5.74) is 1.26. The lowest BCUT2D eigenvalue weighted by Gasteiger charge is -2.29. The molecule has 0 aliphatic heterocycles. The van der Waals surface area contributed by atoms with E-state index in [0.717, 1.165) is 74.3 Å². The highest BCUT2D eigenvalue weighted by molar-refractivity contribution is 6.33. The lowest BCUT2D eigenvalue weighted by Crippen LogP contribution is -2.39. The molecule has 1 fully saturated rings. The zero-order chi connectivity index (χ0) is 24.1.